The molecule has 0 saturated carbocycles. The van der Waals surface area contributed by atoms with Gasteiger partial charge >= 0.3 is 0 Å². The Morgan fingerprint density at radius 3 is 2.41 bits per heavy atom. The minimum absolute atomic E-state index is 0.0493. The summed E-state index contributed by atoms with van der Waals surface area (Å²) >= 11 is 0. The van der Waals surface area contributed by atoms with Crippen LogP contribution >= 0.6 is 0 Å². The summed E-state index contributed by atoms with van der Waals surface area (Å²) in [4.78, 5) is 6.63. The van der Waals surface area contributed by atoms with Crippen LogP contribution < -0.4 is 27.3 Å². The van der Waals surface area contributed by atoms with Crippen molar-refractivity contribution in [1.82, 2.24) is 4.98 Å². The van der Waals surface area contributed by atoms with Gasteiger partial charge in [0.2, 0.25) is 0 Å². The molecule has 1 aliphatic heterocycles. The number of hydrogen-bond donors (Lipinski definition) is 3. The number of hydrazine groups is 1. The topological polar surface area (TPSA) is 110 Å². The van der Waals surface area contributed by atoms with Crippen LogP contribution in [-0.4, -0.2) is 23.9 Å². The number of nitrogen functional groups attached to an aromatic ring is 1. The van der Waals surface area contributed by atoms with Crippen LogP contribution in [0.15, 0.2) is 53.8 Å². The van der Waals surface area contributed by atoms with Crippen molar-refractivity contribution < 1.29 is 8.78 Å². The summed E-state index contributed by atoms with van der Waals surface area (Å²) in [6, 6.07) is 11.6. The van der Waals surface area contributed by atoms with Crippen molar-refractivity contribution in [2.75, 3.05) is 28.7 Å². The molecule has 9 heteroatoms. The van der Waals surface area contributed by atoms with Crippen LogP contribution in [0.1, 0.15) is 37.8 Å². The molecule has 2 aromatic carbocycles. The second-order valence-corrected chi connectivity index (χ2v) is 7.75. The summed E-state index contributed by atoms with van der Waals surface area (Å²) in [7, 11) is 0. The van der Waals surface area contributed by atoms with E-state index in [-0.39, 0.29) is 17.3 Å². The van der Waals surface area contributed by atoms with E-state index in [1.165, 1.54) is 30.7 Å². The van der Waals surface area contributed by atoms with Crippen molar-refractivity contribution in [2.24, 2.45) is 16.8 Å². The van der Waals surface area contributed by atoms with Crippen LogP contribution in [0, 0.1) is 18.6 Å². The van der Waals surface area contributed by atoms with Gasteiger partial charge in [-0.05, 0) is 61.2 Å². The first kappa shape index (κ1) is 24.9. The fraction of sp³-hybridized carbons (Fsp3) is 0.280. The molecule has 0 aliphatic carbocycles. The zero-order valence-corrected chi connectivity index (χ0v) is 19.7. The van der Waals surface area contributed by atoms with Crippen LogP contribution in [-0.2, 0) is 0 Å². The van der Waals surface area contributed by atoms with E-state index in [0.717, 1.165) is 40.9 Å². The molecule has 1 aromatic heterocycles. The zero-order valence-electron chi connectivity index (χ0n) is 19.7. The molecule has 2 heterocycles. The predicted octanol–water partition coefficient (Wildman–Crippen LogP) is 4.54. The van der Waals surface area contributed by atoms with Crippen LogP contribution in [0.2, 0.25) is 0 Å². The summed E-state index contributed by atoms with van der Waals surface area (Å²) in [5, 5.41) is 4.55. The van der Waals surface area contributed by atoms with Crippen molar-refractivity contribution in [3.63, 3.8) is 0 Å². The molecule has 0 atom stereocenters. The maximum absolute atomic E-state index is 14.3. The third kappa shape index (κ3) is 4.94. The van der Waals surface area contributed by atoms with Crippen molar-refractivity contribution >= 4 is 23.0 Å². The Morgan fingerprint density at radius 1 is 1.06 bits per heavy atom. The first-order valence-electron chi connectivity index (χ1n) is 11.3. The normalized spacial score (nSPS) is 13.5. The van der Waals surface area contributed by atoms with E-state index in [4.69, 9.17) is 17.4 Å². The van der Waals surface area contributed by atoms with Crippen LogP contribution in [0.5, 0.6) is 0 Å². The van der Waals surface area contributed by atoms with Gasteiger partial charge in [-0.15, -0.1) is 0 Å². The molecule has 0 unspecified atom stereocenters. The Kier molecular flexibility index (Phi) is 8.01. The predicted molar refractivity (Wildman–Crippen MR) is 135 cm³/mol. The quantitative estimate of drug-likeness (QED) is 0.225. The summed E-state index contributed by atoms with van der Waals surface area (Å²) in [6.07, 6.45) is 4.05. The van der Waals surface area contributed by atoms with Gasteiger partial charge in [0.15, 0.2) is 17.5 Å². The molecule has 6 N–H and O–H groups in total. The lowest BCUT2D eigenvalue weighted by atomic mass is 10.0. The van der Waals surface area contributed by atoms with Gasteiger partial charge < -0.3 is 16.5 Å². The molecule has 1 aliphatic rings. The molecular weight excluding hydrogens is 436 g/mol. The van der Waals surface area contributed by atoms with Crippen LogP contribution in [0.4, 0.5) is 26.0 Å². The van der Waals surface area contributed by atoms with Crippen LogP contribution in [0.25, 0.3) is 11.1 Å². The maximum Gasteiger partial charge on any atom is 0.183 e. The molecule has 0 bridgehead atoms. The van der Waals surface area contributed by atoms with E-state index in [2.05, 4.69) is 34.0 Å². The summed E-state index contributed by atoms with van der Waals surface area (Å²) in [5.41, 5.74) is 10.2. The minimum atomic E-state index is -1.12. The average Bonchev–Trinajstić information content (AvgIpc) is 3.38. The second-order valence-electron chi connectivity index (χ2n) is 7.75. The molecular formula is C25H31F2N7. The molecule has 7 nitrogen and oxygen atoms in total. The molecule has 3 aromatic rings. The van der Waals surface area contributed by atoms with Gasteiger partial charge in [-0.25, -0.2) is 19.6 Å². The number of nitrogens with zero attached hydrogens (tertiary/aromatic N) is 4. The number of hydrazone groups is 1. The second kappa shape index (κ2) is 10.9. The largest absolute Gasteiger partial charge is 0.383 e. The Labute approximate surface area is 198 Å². The standard InChI is InChI=1S/C23H25F2N7.C2H6/c1-14-11-15(7-8-19(14)31-9-2-3-10-31)16-12-17(22(26)29-13-16)23(30-27)32(28)20-6-4-5-18(24)21(20)25;1-2/h4-8,11-13H,2-3,9-10,27-28H2,1H3,(H2,26,29);1-2H3/b30-23-;. The number of benzene rings is 2. The van der Waals surface area contributed by atoms with Gasteiger partial charge in [0, 0.05) is 30.5 Å². The van der Waals surface area contributed by atoms with E-state index >= 15 is 0 Å². The number of pyridine rings is 1. The maximum atomic E-state index is 14.3. The molecule has 0 amide bonds. The highest BCUT2D eigenvalue weighted by atomic mass is 19.2. The lowest BCUT2D eigenvalue weighted by Crippen LogP contribution is -2.40. The van der Waals surface area contributed by atoms with Crippen molar-refractivity contribution in [3.05, 3.63) is 71.4 Å². The Morgan fingerprint density at radius 2 is 1.76 bits per heavy atom. The Hall–Kier alpha value is -3.72. The van der Waals surface area contributed by atoms with E-state index in [1.807, 2.05) is 19.9 Å². The molecule has 4 rings (SSSR count). The Bertz CT molecular complexity index is 1170. The fourth-order valence-corrected chi connectivity index (χ4v) is 4.01. The van der Waals surface area contributed by atoms with Gasteiger partial charge in [-0.1, -0.05) is 26.0 Å². The highest BCUT2D eigenvalue weighted by molar-refractivity contribution is 6.12. The van der Waals surface area contributed by atoms with Crippen molar-refractivity contribution in [3.8, 4) is 11.1 Å². The third-order valence-electron chi connectivity index (χ3n) is 5.68. The number of amidine groups is 1. The molecule has 0 radical (unpaired) electrons. The number of aryl methyl sites for hydroxylation is 1. The average molecular weight is 468 g/mol. The van der Waals surface area contributed by atoms with E-state index < -0.39 is 11.6 Å². The zero-order chi connectivity index (χ0) is 24.8. The van der Waals surface area contributed by atoms with Gasteiger partial charge in [0.25, 0.3) is 0 Å². The van der Waals surface area contributed by atoms with Gasteiger partial charge in [-0.3, -0.25) is 5.01 Å². The van der Waals surface area contributed by atoms with E-state index in [0.29, 0.717) is 5.56 Å². The number of halogens is 2. The lowest BCUT2D eigenvalue weighted by Gasteiger charge is -2.22. The summed E-state index contributed by atoms with van der Waals surface area (Å²) in [6.45, 7) is 8.20. The summed E-state index contributed by atoms with van der Waals surface area (Å²) in [5.74, 6) is 9.51. The smallest absolute Gasteiger partial charge is 0.183 e. The van der Waals surface area contributed by atoms with Crippen molar-refractivity contribution in [1.29, 1.82) is 0 Å². The van der Waals surface area contributed by atoms with Gasteiger partial charge in [0.1, 0.15) is 5.82 Å². The number of aromatic nitrogens is 1. The van der Waals surface area contributed by atoms with E-state index in [1.54, 1.807) is 12.3 Å². The van der Waals surface area contributed by atoms with Crippen LogP contribution in [0.3, 0.4) is 0 Å². The third-order valence-corrected chi connectivity index (χ3v) is 5.68. The van der Waals surface area contributed by atoms with Crippen molar-refractivity contribution in [2.45, 2.75) is 33.6 Å². The number of anilines is 3. The monoisotopic (exact) mass is 467 g/mol. The number of hydrogen-bond acceptors (Lipinski definition) is 6. The molecule has 34 heavy (non-hydrogen) atoms. The molecule has 1 fully saturated rings. The number of rotatable bonds is 4. The first-order valence-corrected chi connectivity index (χ1v) is 11.3. The highest BCUT2D eigenvalue weighted by Gasteiger charge is 2.21. The summed E-state index contributed by atoms with van der Waals surface area (Å²) < 4.78 is 28.0. The Balaban J connectivity index is 0.00000158. The minimum Gasteiger partial charge on any atom is -0.383 e. The molecule has 0 spiro atoms. The SMILES string of the molecule is CC.Cc1cc(-c2cnc(N)c(/C(=N/N)N(N)c3cccc(F)c3F)c2)ccc1N1CCCC1. The molecule has 1 saturated heterocycles. The molecule has 180 valence electrons. The van der Waals surface area contributed by atoms with E-state index in [9.17, 15) is 8.78 Å². The van der Waals surface area contributed by atoms with Gasteiger partial charge in [0.05, 0.1) is 11.3 Å². The van der Waals surface area contributed by atoms with Gasteiger partial charge in [-0.2, -0.15) is 5.10 Å². The first-order chi connectivity index (χ1) is 16.4. The lowest BCUT2D eigenvalue weighted by molar-refractivity contribution is 0.509. The highest BCUT2D eigenvalue weighted by Crippen LogP contribution is 2.31. The number of nitrogens with two attached hydrogens (primary N) is 3. The fourth-order valence-electron chi connectivity index (χ4n) is 4.01.